The van der Waals surface area contributed by atoms with Crippen LogP contribution in [0.2, 0.25) is 0 Å². The van der Waals surface area contributed by atoms with E-state index < -0.39 is 7.92 Å². The first-order valence-electron chi connectivity index (χ1n) is 6.40. The Morgan fingerprint density at radius 3 is 0.900 bits per heavy atom. The van der Waals surface area contributed by atoms with Crippen molar-refractivity contribution in [2.24, 2.45) is 0 Å². The van der Waals surface area contributed by atoms with Gasteiger partial charge in [0.1, 0.15) is 0 Å². The van der Waals surface area contributed by atoms with Crippen LogP contribution < -0.4 is 15.9 Å². The molecule has 0 fully saturated rings. The summed E-state index contributed by atoms with van der Waals surface area (Å²) in [5.41, 5.74) is 0. The van der Waals surface area contributed by atoms with Crippen LogP contribution in [0.15, 0.2) is 91.0 Å². The van der Waals surface area contributed by atoms with E-state index in [0.717, 1.165) is 0 Å². The second-order valence-electron chi connectivity index (χ2n) is 4.34. The second-order valence-corrected chi connectivity index (χ2v) is 6.56. The van der Waals surface area contributed by atoms with Crippen molar-refractivity contribution in [1.29, 1.82) is 0 Å². The SMILES string of the molecule is [Fe+2].c1ccc(P(c2ccccc2)c2ccccc2)cc1. The molecule has 0 radical (unpaired) electrons. The zero-order valence-corrected chi connectivity index (χ0v) is 13.0. The molecule has 3 rings (SSSR count). The van der Waals surface area contributed by atoms with Gasteiger partial charge in [-0.05, 0) is 23.8 Å². The summed E-state index contributed by atoms with van der Waals surface area (Å²) >= 11 is 0. The van der Waals surface area contributed by atoms with Crippen LogP contribution in [0.5, 0.6) is 0 Å². The zero-order chi connectivity index (χ0) is 12.9. The Hall–Kier alpha value is -1.39. The fraction of sp³-hybridized carbons (Fsp3) is 0. The van der Waals surface area contributed by atoms with Crippen LogP contribution in [-0.2, 0) is 17.1 Å². The quantitative estimate of drug-likeness (QED) is 0.513. The first-order chi connectivity index (χ1) is 9.45. The maximum atomic E-state index is 2.23. The van der Waals surface area contributed by atoms with Crippen molar-refractivity contribution >= 4 is 23.8 Å². The Kier molecular flexibility index (Phi) is 5.56. The molecule has 0 spiro atoms. The van der Waals surface area contributed by atoms with Gasteiger partial charge < -0.3 is 0 Å². The van der Waals surface area contributed by atoms with Gasteiger partial charge in [0.2, 0.25) is 0 Å². The van der Waals surface area contributed by atoms with Gasteiger partial charge in [-0.3, -0.25) is 0 Å². The fourth-order valence-corrected chi connectivity index (χ4v) is 4.48. The Bertz CT molecular complexity index is 529. The van der Waals surface area contributed by atoms with E-state index in [0.29, 0.717) is 0 Å². The molecule has 3 aromatic rings. The zero-order valence-electron chi connectivity index (χ0n) is 11.0. The fourth-order valence-electron chi connectivity index (χ4n) is 2.18. The molecule has 0 aliphatic rings. The van der Waals surface area contributed by atoms with Gasteiger partial charge in [0.25, 0.3) is 0 Å². The molecule has 0 aromatic heterocycles. The summed E-state index contributed by atoms with van der Waals surface area (Å²) in [6.07, 6.45) is 0. The number of benzene rings is 3. The summed E-state index contributed by atoms with van der Waals surface area (Å²) in [5, 5.41) is 4.19. The van der Waals surface area contributed by atoms with E-state index in [1.54, 1.807) is 0 Å². The first kappa shape index (κ1) is 15.0. The van der Waals surface area contributed by atoms with E-state index in [2.05, 4.69) is 91.0 Å². The molecule has 2 heteroatoms. The summed E-state index contributed by atoms with van der Waals surface area (Å²) in [6.45, 7) is 0. The van der Waals surface area contributed by atoms with Gasteiger partial charge in [0.05, 0.1) is 0 Å². The van der Waals surface area contributed by atoms with Gasteiger partial charge in [0, 0.05) is 0 Å². The maximum absolute atomic E-state index is 2.23. The predicted molar refractivity (Wildman–Crippen MR) is 85.1 cm³/mol. The van der Waals surface area contributed by atoms with Crippen molar-refractivity contribution in [2.45, 2.75) is 0 Å². The van der Waals surface area contributed by atoms with Crippen molar-refractivity contribution in [3.8, 4) is 0 Å². The second kappa shape index (κ2) is 7.41. The molecule has 0 aliphatic carbocycles. The molecule has 20 heavy (non-hydrogen) atoms. The average Bonchev–Trinajstić information content (AvgIpc) is 2.51. The van der Waals surface area contributed by atoms with E-state index in [1.165, 1.54) is 15.9 Å². The van der Waals surface area contributed by atoms with Crippen LogP contribution >= 0.6 is 7.92 Å². The van der Waals surface area contributed by atoms with Crippen molar-refractivity contribution < 1.29 is 17.1 Å². The van der Waals surface area contributed by atoms with Crippen LogP contribution in [-0.4, -0.2) is 0 Å². The van der Waals surface area contributed by atoms with Crippen LogP contribution in [0.25, 0.3) is 0 Å². The Balaban J connectivity index is 0.00000147. The van der Waals surface area contributed by atoms with Crippen LogP contribution in [0.1, 0.15) is 0 Å². The maximum Gasteiger partial charge on any atom is 2.00 e. The molecule has 0 saturated carbocycles. The van der Waals surface area contributed by atoms with Gasteiger partial charge in [-0.1, -0.05) is 91.0 Å². The Morgan fingerprint density at radius 1 is 0.400 bits per heavy atom. The van der Waals surface area contributed by atoms with Gasteiger partial charge in [-0.25, -0.2) is 0 Å². The molecule has 0 nitrogen and oxygen atoms in total. The summed E-state index contributed by atoms with van der Waals surface area (Å²) in [6, 6.07) is 32.3. The van der Waals surface area contributed by atoms with E-state index in [1.807, 2.05) is 0 Å². The molecular formula is C18H15FeP+2. The third-order valence-electron chi connectivity index (χ3n) is 3.04. The summed E-state index contributed by atoms with van der Waals surface area (Å²) < 4.78 is 0. The number of hydrogen-bond donors (Lipinski definition) is 0. The summed E-state index contributed by atoms with van der Waals surface area (Å²) in [5.74, 6) is 0. The minimum Gasteiger partial charge on any atom is -0.0622 e. The Labute approximate surface area is 132 Å². The number of rotatable bonds is 3. The molecular weight excluding hydrogens is 303 g/mol. The minimum atomic E-state index is -0.446. The third-order valence-corrected chi connectivity index (χ3v) is 5.49. The van der Waals surface area contributed by atoms with Gasteiger partial charge in [0.15, 0.2) is 0 Å². The molecule has 0 unspecified atom stereocenters. The number of hydrogen-bond acceptors (Lipinski definition) is 0. The van der Waals surface area contributed by atoms with Crippen molar-refractivity contribution in [2.75, 3.05) is 0 Å². The normalized spacial score (nSPS) is 10.1. The van der Waals surface area contributed by atoms with Crippen LogP contribution in [0, 0.1) is 0 Å². The monoisotopic (exact) mass is 318 g/mol. The molecule has 0 heterocycles. The first-order valence-corrected chi connectivity index (χ1v) is 7.74. The summed E-state index contributed by atoms with van der Waals surface area (Å²) in [4.78, 5) is 0. The van der Waals surface area contributed by atoms with Crippen LogP contribution in [0.4, 0.5) is 0 Å². The topological polar surface area (TPSA) is 0 Å². The van der Waals surface area contributed by atoms with E-state index in [4.69, 9.17) is 0 Å². The van der Waals surface area contributed by atoms with Crippen LogP contribution in [0.3, 0.4) is 0 Å². The minimum absolute atomic E-state index is 0. The van der Waals surface area contributed by atoms with E-state index in [9.17, 15) is 0 Å². The molecule has 0 atom stereocenters. The molecule has 0 N–H and O–H groups in total. The van der Waals surface area contributed by atoms with Gasteiger partial charge in [-0.15, -0.1) is 0 Å². The summed E-state index contributed by atoms with van der Waals surface area (Å²) in [7, 11) is -0.446. The molecule has 0 aliphatic heterocycles. The molecule has 0 saturated heterocycles. The molecule has 0 bridgehead atoms. The van der Waals surface area contributed by atoms with Crippen molar-refractivity contribution in [1.82, 2.24) is 0 Å². The van der Waals surface area contributed by atoms with Gasteiger partial charge in [-0.2, -0.15) is 0 Å². The van der Waals surface area contributed by atoms with E-state index >= 15 is 0 Å². The molecule has 3 aromatic carbocycles. The average molecular weight is 318 g/mol. The Morgan fingerprint density at radius 2 is 0.650 bits per heavy atom. The van der Waals surface area contributed by atoms with Gasteiger partial charge >= 0.3 is 17.1 Å². The molecule has 98 valence electrons. The largest absolute Gasteiger partial charge is 2.00 e. The standard InChI is InChI=1S/C18H15P.Fe/c1-4-10-16(11-5-1)19(17-12-6-2-7-13-17)18-14-8-3-9-15-18;/h1-15H;/q;+2. The van der Waals surface area contributed by atoms with Crippen molar-refractivity contribution in [3.63, 3.8) is 0 Å². The van der Waals surface area contributed by atoms with Crippen molar-refractivity contribution in [3.05, 3.63) is 91.0 Å². The molecule has 0 amide bonds. The smallest absolute Gasteiger partial charge is 0.0622 e. The predicted octanol–water partition coefficient (Wildman–Crippen LogP) is 3.44. The third kappa shape index (κ3) is 3.38. The van der Waals surface area contributed by atoms with E-state index in [-0.39, 0.29) is 17.1 Å².